The van der Waals surface area contributed by atoms with Gasteiger partial charge in [0, 0.05) is 25.2 Å². The minimum Gasteiger partial charge on any atom is -0.311 e. The van der Waals surface area contributed by atoms with Crippen LogP contribution in [0.4, 0.5) is 5.82 Å². The van der Waals surface area contributed by atoms with E-state index in [4.69, 9.17) is 0 Å². The van der Waals surface area contributed by atoms with Crippen LogP contribution in [0.2, 0.25) is 0 Å². The normalized spacial score (nSPS) is 18.3. The first-order valence-corrected chi connectivity index (χ1v) is 9.47. The number of amides is 1. The van der Waals surface area contributed by atoms with Crippen LogP contribution >= 0.6 is 0 Å². The Labute approximate surface area is 162 Å². The quantitative estimate of drug-likeness (QED) is 0.583. The minimum absolute atomic E-state index is 0.00473. The van der Waals surface area contributed by atoms with Crippen molar-refractivity contribution in [1.82, 2.24) is 19.6 Å². The number of hydrogen-bond acceptors (Lipinski definition) is 3. The molecule has 0 saturated heterocycles. The van der Waals surface area contributed by atoms with Crippen molar-refractivity contribution in [3.05, 3.63) is 78.2 Å². The van der Waals surface area contributed by atoms with Crippen LogP contribution in [0, 0.1) is 5.92 Å². The second kappa shape index (κ2) is 6.64. The molecular weight excluding hydrogens is 350 g/mol. The zero-order valence-electron chi connectivity index (χ0n) is 15.6. The van der Waals surface area contributed by atoms with Gasteiger partial charge >= 0.3 is 0 Å². The lowest BCUT2D eigenvalue weighted by molar-refractivity contribution is -0.117. The van der Waals surface area contributed by atoms with E-state index in [-0.39, 0.29) is 17.7 Å². The Balaban J connectivity index is 1.32. The summed E-state index contributed by atoms with van der Waals surface area (Å²) in [6.07, 6.45) is 6.44. The second-order valence-corrected chi connectivity index (χ2v) is 7.40. The summed E-state index contributed by atoms with van der Waals surface area (Å²) < 4.78 is 3.63. The smallest absolute Gasteiger partial charge is 0.229 e. The van der Waals surface area contributed by atoms with Crippen molar-refractivity contribution in [3.63, 3.8) is 0 Å². The summed E-state index contributed by atoms with van der Waals surface area (Å²) in [7, 11) is 1.90. The number of hydrogen-bond donors (Lipinski definition) is 1. The summed E-state index contributed by atoms with van der Waals surface area (Å²) in [5.74, 6) is 1.05. The van der Waals surface area contributed by atoms with Gasteiger partial charge in [0.15, 0.2) is 0 Å². The molecule has 2 atom stereocenters. The maximum Gasteiger partial charge on any atom is 0.229 e. The highest BCUT2D eigenvalue weighted by molar-refractivity contribution is 5.94. The lowest BCUT2D eigenvalue weighted by Crippen LogP contribution is -2.18. The Bertz CT molecular complexity index is 1150. The van der Waals surface area contributed by atoms with Gasteiger partial charge < -0.3 is 5.32 Å². The Hall–Kier alpha value is -3.41. The number of benzene rings is 2. The van der Waals surface area contributed by atoms with Crippen molar-refractivity contribution in [3.8, 4) is 0 Å². The molecular formula is C22H21N5O. The number of nitrogens with one attached hydrogen (secondary N) is 1. The van der Waals surface area contributed by atoms with E-state index in [1.54, 1.807) is 10.9 Å². The molecule has 0 spiro atoms. The van der Waals surface area contributed by atoms with Gasteiger partial charge in [-0.1, -0.05) is 42.5 Å². The van der Waals surface area contributed by atoms with Crippen LogP contribution in [0.3, 0.4) is 0 Å². The SMILES string of the molecule is Cn1cc([C@@H]2C[C@H]2C(=O)Nc2ccnn2Cc2cccc3ccccc23)cn1. The summed E-state index contributed by atoms with van der Waals surface area (Å²) in [5, 5.41) is 14.1. The molecule has 0 unspecified atom stereocenters. The molecule has 6 heteroatoms. The van der Waals surface area contributed by atoms with Crippen molar-refractivity contribution in [2.24, 2.45) is 13.0 Å². The molecule has 28 heavy (non-hydrogen) atoms. The van der Waals surface area contributed by atoms with E-state index in [1.807, 2.05) is 42.3 Å². The van der Waals surface area contributed by atoms with Gasteiger partial charge in [0.05, 0.1) is 18.9 Å². The summed E-state index contributed by atoms with van der Waals surface area (Å²) in [5.41, 5.74) is 2.31. The van der Waals surface area contributed by atoms with Gasteiger partial charge in [-0.3, -0.25) is 9.48 Å². The summed E-state index contributed by atoms with van der Waals surface area (Å²) in [6, 6.07) is 16.4. The minimum atomic E-state index is 0.00473. The van der Waals surface area contributed by atoms with Gasteiger partial charge in [-0.25, -0.2) is 4.68 Å². The van der Waals surface area contributed by atoms with Crippen LogP contribution in [0.25, 0.3) is 10.8 Å². The number of aryl methyl sites for hydroxylation is 1. The molecule has 2 aromatic heterocycles. The Morgan fingerprint density at radius 1 is 1.14 bits per heavy atom. The molecule has 6 nitrogen and oxygen atoms in total. The van der Waals surface area contributed by atoms with Crippen LogP contribution in [-0.4, -0.2) is 25.5 Å². The first kappa shape index (κ1) is 16.7. The first-order chi connectivity index (χ1) is 13.7. The third-order valence-electron chi connectivity index (χ3n) is 5.45. The Morgan fingerprint density at radius 2 is 2.00 bits per heavy atom. The monoisotopic (exact) mass is 371 g/mol. The van der Waals surface area contributed by atoms with Crippen LogP contribution in [0.15, 0.2) is 67.1 Å². The van der Waals surface area contributed by atoms with Gasteiger partial charge in [0.1, 0.15) is 5.82 Å². The summed E-state index contributed by atoms with van der Waals surface area (Å²) in [6.45, 7) is 0.612. The molecule has 0 bridgehead atoms. The topological polar surface area (TPSA) is 64.7 Å². The molecule has 1 aliphatic carbocycles. The number of rotatable bonds is 5. The third-order valence-corrected chi connectivity index (χ3v) is 5.45. The van der Waals surface area contributed by atoms with Gasteiger partial charge in [-0.2, -0.15) is 10.2 Å². The lowest BCUT2D eigenvalue weighted by Gasteiger charge is -2.11. The molecule has 140 valence electrons. The highest BCUT2D eigenvalue weighted by Gasteiger charge is 2.44. The average Bonchev–Trinajstić information content (AvgIpc) is 3.22. The second-order valence-electron chi connectivity index (χ2n) is 7.40. The third kappa shape index (κ3) is 3.07. The number of anilines is 1. The predicted molar refractivity (Wildman–Crippen MR) is 108 cm³/mol. The molecule has 1 saturated carbocycles. The van der Waals surface area contributed by atoms with E-state index in [1.165, 1.54) is 16.3 Å². The van der Waals surface area contributed by atoms with Crippen LogP contribution in [0.1, 0.15) is 23.5 Å². The fourth-order valence-corrected chi connectivity index (χ4v) is 3.86. The molecule has 1 amide bonds. The van der Waals surface area contributed by atoms with Crippen molar-refractivity contribution in [2.45, 2.75) is 18.9 Å². The van der Waals surface area contributed by atoms with E-state index in [2.05, 4.69) is 45.8 Å². The zero-order valence-corrected chi connectivity index (χ0v) is 15.6. The highest BCUT2D eigenvalue weighted by atomic mass is 16.2. The van der Waals surface area contributed by atoms with Gasteiger partial charge in [0.2, 0.25) is 5.91 Å². The Morgan fingerprint density at radius 3 is 2.86 bits per heavy atom. The van der Waals surface area contributed by atoms with Crippen molar-refractivity contribution in [2.75, 3.05) is 5.32 Å². The van der Waals surface area contributed by atoms with Gasteiger partial charge in [-0.05, 0) is 34.2 Å². The number of carbonyl (C=O) groups excluding carboxylic acids is 1. The predicted octanol–water partition coefficient (Wildman–Crippen LogP) is 3.56. The summed E-state index contributed by atoms with van der Waals surface area (Å²) >= 11 is 0. The van der Waals surface area contributed by atoms with E-state index in [0.717, 1.165) is 17.8 Å². The average molecular weight is 371 g/mol. The highest BCUT2D eigenvalue weighted by Crippen LogP contribution is 2.47. The maximum absolute atomic E-state index is 12.7. The fourth-order valence-electron chi connectivity index (χ4n) is 3.86. The first-order valence-electron chi connectivity index (χ1n) is 9.47. The molecule has 2 aromatic carbocycles. The maximum atomic E-state index is 12.7. The van der Waals surface area contributed by atoms with Crippen LogP contribution in [-0.2, 0) is 18.4 Å². The number of fused-ring (bicyclic) bond motifs is 1. The van der Waals surface area contributed by atoms with Crippen LogP contribution in [0.5, 0.6) is 0 Å². The number of nitrogens with zero attached hydrogens (tertiary/aromatic N) is 4. The van der Waals surface area contributed by atoms with Crippen molar-refractivity contribution in [1.29, 1.82) is 0 Å². The van der Waals surface area contributed by atoms with Crippen molar-refractivity contribution >= 4 is 22.5 Å². The van der Waals surface area contributed by atoms with E-state index in [9.17, 15) is 4.79 Å². The summed E-state index contributed by atoms with van der Waals surface area (Å²) in [4.78, 5) is 12.7. The van der Waals surface area contributed by atoms with Gasteiger partial charge in [0.25, 0.3) is 0 Å². The molecule has 0 radical (unpaired) electrons. The molecule has 1 fully saturated rings. The fraction of sp³-hybridized carbons (Fsp3) is 0.227. The molecule has 2 heterocycles. The lowest BCUT2D eigenvalue weighted by atomic mass is 10.0. The van der Waals surface area contributed by atoms with Crippen molar-refractivity contribution < 1.29 is 4.79 Å². The van der Waals surface area contributed by atoms with E-state index >= 15 is 0 Å². The standard InChI is InChI=1S/C22H21N5O/c1-26-13-17(12-24-26)19-11-20(19)22(28)25-21-9-10-23-27(21)14-16-7-4-6-15-5-2-3-8-18(15)16/h2-10,12-13,19-20H,11,14H2,1H3,(H,25,28)/t19-,20+/m0/s1. The number of aromatic nitrogens is 4. The molecule has 1 N–H and O–H groups in total. The van der Waals surface area contributed by atoms with Crippen LogP contribution < -0.4 is 5.32 Å². The molecule has 4 aromatic rings. The largest absolute Gasteiger partial charge is 0.311 e. The van der Waals surface area contributed by atoms with E-state index < -0.39 is 0 Å². The molecule has 0 aliphatic heterocycles. The zero-order chi connectivity index (χ0) is 19.1. The number of carbonyl (C=O) groups is 1. The van der Waals surface area contributed by atoms with Gasteiger partial charge in [-0.15, -0.1) is 0 Å². The van der Waals surface area contributed by atoms with E-state index in [0.29, 0.717) is 6.54 Å². The molecule has 5 rings (SSSR count). The Kier molecular flexibility index (Phi) is 3.97. The molecule has 1 aliphatic rings.